The molecule has 2 aromatic heterocycles. The fraction of sp³-hybridized carbons (Fsp3) is 0.478. The molecule has 2 aliphatic heterocycles. The van der Waals surface area contributed by atoms with Gasteiger partial charge in [0.15, 0.2) is 5.82 Å². The number of pyridine rings is 2. The van der Waals surface area contributed by atoms with Gasteiger partial charge in [-0.2, -0.15) is 13.2 Å². The molecule has 0 aliphatic carbocycles. The lowest BCUT2D eigenvalue weighted by Crippen LogP contribution is -2.49. The van der Waals surface area contributed by atoms with Crippen LogP contribution in [0.15, 0.2) is 30.5 Å². The number of halogens is 3. The van der Waals surface area contributed by atoms with E-state index in [0.717, 1.165) is 0 Å². The number of alkyl halides is 3. The molecule has 1 fully saturated rings. The summed E-state index contributed by atoms with van der Waals surface area (Å²) in [6, 6.07) is 3.00. The van der Waals surface area contributed by atoms with Crippen LogP contribution in [0, 0.1) is 0 Å². The summed E-state index contributed by atoms with van der Waals surface area (Å²) in [6.07, 6.45) is -3.98. The summed E-state index contributed by atoms with van der Waals surface area (Å²) in [5.41, 5.74) is 0.351. The maximum atomic E-state index is 13.3. The molecule has 4 heterocycles. The van der Waals surface area contributed by atoms with Crippen LogP contribution in [0.25, 0.3) is 0 Å². The van der Waals surface area contributed by atoms with Gasteiger partial charge >= 0.3 is 12.2 Å². The molecule has 1 saturated heterocycles. The van der Waals surface area contributed by atoms with Crippen LogP contribution in [0.5, 0.6) is 5.75 Å². The molecule has 2 bridgehead atoms. The lowest BCUT2D eigenvalue weighted by molar-refractivity contribution is -0.153. The van der Waals surface area contributed by atoms with E-state index in [2.05, 4.69) is 15.3 Å². The van der Waals surface area contributed by atoms with Crippen LogP contribution in [0.1, 0.15) is 30.3 Å². The number of nitrogens with one attached hydrogen (secondary N) is 2. The van der Waals surface area contributed by atoms with Gasteiger partial charge in [0.05, 0.1) is 18.3 Å². The van der Waals surface area contributed by atoms with E-state index < -0.39 is 36.9 Å². The van der Waals surface area contributed by atoms with E-state index in [1.807, 2.05) is 10.2 Å². The minimum atomic E-state index is -4.60. The van der Waals surface area contributed by atoms with E-state index >= 15 is 0 Å². The number of urea groups is 1. The lowest BCUT2D eigenvalue weighted by Gasteiger charge is -2.35. The Morgan fingerprint density at radius 3 is 2.78 bits per heavy atom. The fourth-order valence-electron chi connectivity index (χ4n) is 4.23. The van der Waals surface area contributed by atoms with Gasteiger partial charge in [-0.15, -0.1) is 0 Å². The molecule has 2 aromatic rings. The largest absolute Gasteiger partial charge is 0.491 e. The zero-order chi connectivity index (χ0) is 26.7. The molecule has 3 amide bonds. The number of amides is 3. The van der Waals surface area contributed by atoms with Crippen molar-refractivity contribution < 1.29 is 37.7 Å². The van der Waals surface area contributed by atoms with Gasteiger partial charge in [-0.25, -0.2) is 14.8 Å². The maximum absolute atomic E-state index is 13.3. The van der Waals surface area contributed by atoms with E-state index in [1.165, 1.54) is 36.2 Å². The Morgan fingerprint density at radius 1 is 1.30 bits per heavy atom. The van der Waals surface area contributed by atoms with Crippen molar-refractivity contribution in [3.05, 3.63) is 36.2 Å². The van der Waals surface area contributed by atoms with Crippen LogP contribution in [0.4, 0.5) is 35.3 Å². The van der Waals surface area contributed by atoms with Gasteiger partial charge in [-0.05, 0) is 31.0 Å². The number of aliphatic hydroxyl groups excluding tert-OH is 2. The number of hydrogen-bond donors (Lipinski definition) is 4. The maximum Gasteiger partial charge on any atom is 0.408 e. The first-order valence-electron chi connectivity index (χ1n) is 11.7. The third-order valence-electron chi connectivity index (χ3n) is 6.13. The van der Waals surface area contributed by atoms with Crippen molar-refractivity contribution in [2.45, 2.75) is 44.1 Å². The Bertz CT molecular complexity index is 1150. The van der Waals surface area contributed by atoms with Crippen molar-refractivity contribution in [1.82, 2.24) is 15.3 Å². The van der Waals surface area contributed by atoms with E-state index in [-0.39, 0.29) is 36.4 Å². The molecule has 3 atom stereocenters. The van der Waals surface area contributed by atoms with Crippen molar-refractivity contribution >= 4 is 29.3 Å². The van der Waals surface area contributed by atoms with Crippen molar-refractivity contribution in [1.29, 1.82) is 0 Å². The second-order valence-corrected chi connectivity index (χ2v) is 8.73. The molecular formula is C23H27F3N6O5. The van der Waals surface area contributed by atoms with Crippen molar-refractivity contribution in [3.8, 4) is 5.75 Å². The predicted molar refractivity (Wildman–Crippen MR) is 127 cm³/mol. The molecule has 4 rings (SSSR count). The number of rotatable bonds is 8. The molecule has 2 unspecified atom stereocenters. The molecule has 37 heavy (non-hydrogen) atoms. The summed E-state index contributed by atoms with van der Waals surface area (Å²) in [7, 11) is 0. The van der Waals surface area contributed by atoms with Gasteiger partial charge in [0.1, 0.15) is 36.0 Å². The average Bonchev–Trinajstić information content (AvgIpc) is 3.28. The van der Waals surface area contributed by atoms with E-state index in [4.69, 9.17) is 9.84 Å². The molecule has 11 nitrogen and oxygen atoms in total. The number of aromatic nitrogens is 2. The van der Waals surface area contributed by atoms with Crippen LogP contribution < -0.4 is 25.2 Å². The molecular weight excluding hydrogens is 497 g/mol. The second kappa shape index (κ2) is 10.8. The third kappa shape index (κ3) is 5.85. The molecule has 14 heteroatoms. The smallest absolute Gasteiger partial charge is 0.408 e. The van der Waals surface area contributed by atoms with E-state index in [0.29, 0.717) is 30.9 Å². The number of aliphatic hydroxyl groups is 2. The van der Waals surface area contributed by atoms with E-state index in [9.17, 15) is 27.9 Å². The number of carbonyl (C=O) groups excluding carboxylic acids is 2. The van der Waals surface area contributed by atoms with Gasteiger partial charge in [0.25, 0.3) is 5.91 Å². The summed E-state index contributed by atoms with van der Waals surface area (Å²) in [6.45, 7) is 1.88. The van der Waals surface area contributed by atoms with Gasteiger partial charge in [-0.3, -0.25) is 15.0 Å². The fourth-order valence-corrected chi connectivity index (χ4v) is 4.23. The van der Waals surface area contributed by atoms with Gasteiger partial charge in [0, 0.05) is 25.4 Å². The third-order valence-corrected chi connectivity index (χ3v) is 6.13. The Morgan fingerprint density at radius 2 is 2.08 bits per heavy atom. The van der Waals surface area contributed by atoms with Gasteiger partial charge in [-0.1, -0.05) is 6.92 Å². The van der Waals surface area contributed by atoms with Crippen LogP contribution in [-0.2, 0) is 0 Å². The molecule has 4 N–H and O–H groups in total. The van der Waals surface area contributed by atoms with Gasteiger partial charge in [0.2, 0.25) is 0 Å². The van der Waals surface area contributed by atoms with Crippen LogP contribution in [0.3, 0.4) is 0 Å². The first kappa shape index (κ1) is 26.4. The number of hydrogen-bond acceptors (Lipinski definition) is 8. The first-order valence-corrected chi connectivity index (χ1v) is 11.7. The minimum absolute atomic E-state index is 0.146. The normalized spacial score (nSPS) is 18.2. The Labute approximate surface area is 210 Å². The van der Waals surface area contributed by atoms with Crippen LogP contribution >= 0.6 is 0 Å². The molecule has 0 radical (unpaired) electrons. The predicted octanol–water partition coefficient (Wildman–Crippen LogP) is 1.91. The lowest BCUT2D eigenvalue weighted by atomic mass is 10.1. The SMILES string of the molecule is CCC(NC(=O)c1ccc2c(n1)N(C(=O)Nc1cc(OCC(O)CO)ccn1)[C@H]1CCN2C1)C(F)(F)F. The average molecular weight is 525 g/mol. The summed E-state index contributed by atoms with van der Waals surface area (Å²) in [5, 5.41) is 23.0. The molecule has 2 aliphatic rings. The summed E-state index contributed by atoms with van der Waals surface area (Å²) in [4.78, 5) is 37.7. The molecule has 0 aromatic carbocycles. The van der Waals surface area contributed by atoms with Crippen molar-refractivity contribution in [3.63, 3.8) is 0 Å². The topological polar surface area (TPSA) is 140 Å². The Kier molecular flexibility index (Phi) is 7.68. The number of anilines is 3. The van der Waals surface area contributed by atoms with Crippen LogP contribution in [-0.4, -0.2) is 82.8 Å². The van der Waals surface area contributed by atoms with Crippen LogP contribution in [0.2, 0.25) is 0 Å². The zero-order valence-corrected chi connectivity index (χ0v) is 19.9. The second-order valence-electron chi connectivity index (χ2n) is 8.73. The summed E-state index contributed by atoms with van der Waals surface area (Å²) >= 11 is 0. The standard InChI is InChI=1S/C23H27F3N6O5/c1-2-18(23(24,25)26)29-21(35)16-3-4-17-20(28-16)32(13-6-8-31(17)10-13)22(36)30-19-9-15(5-7-27-19)37-12-14(34)11-33/h3-5,7,9,13-14,18,33-34H,2,6,8,10-12H2,1H3,(H,29,35)(H,27,30,36)/t13-,14?,18?/m0/s1. The highest BCUT2D eigenvalue weighted by molar-refractivity contribution is 6.05. The minimum Gasteiger partial charge on any atom is -0.491 e. The molecule has 200 valence electrons. The monoisotopic (exact) mass is 524 g/mol. The quantitative estimate of drug-likeness (QED) is 0.411. The highest BCUT2D eigenvalue weighted by atomic mass is 19.4. The summed E-state index contributed by atoms with van der Waals surface area (Å²) in [5.74, 6) is -0.377. The number of carbonyl (C=O) groups is 2. The number of nitrogens with zero attached hydrogens (tertiary/aromatic N) is 4. The highest BCUT2D eigenvalue weighted by Gasteiger charge is 2.42. The Hall–Kier alpha value is -3.65. The van der Waals surface area contributed by atoms with Crippen molar-refractivity contribution in [2.75, 3.05) is 41.4 Å². The van der Waals surface area contributed by atoms with Crippen molar-refractivity contribution in [2.24, 2.45) is 0 Å². The highest BCUT2D eigenvalue weighted by Crippen LogP contribution is 2.39. The Balaban J connectivity index is 1.55. The molecule has 0 spiro atoms. The number of ether oxygens (including phenoxy) is 1. The molecule has 0 saturated carbocycles. The first-order chi connectivity index (χ1) is 17.6. The van der Waals surface area contributed by atoms with E-state index in [1.54, 1.807) is 6.07 Å². The summed E-state index contributed by atoms with van der Waals surface area (Å²) < 4.78 is 44.8. The number of fused-ring (bicyclic) bond motifs is 4. The van der Waals surface area contributed by atoms with Gasteiger partial charge < -0.3 is 25.2 Å². The zero-order valence-electron chi connectivity index (χ0n) is 19.9.